The molecule has 82 valence electrons. The normalized spacial score (nSPS) is 14.2. The number of hydrogen-bond acceptors (Lipinski definition) is 5. The smallest absolute Gasteiger partial charge is 0.376 e. The summed E-state index contributed by atoms with van der Waals surface area (Å²) in [4.78, 5) is 11.0. The highest BCUT2D eigenvalue weighted by Gasteiger charge is 2.22. The number of esters is 1. The number of carbonyl (C=O) groups is 1. The van der Waals surface area contributed by atoms with Crippen LogP contribution in [0.1, 0.15) is 13.8 Å². The van der Waals surface area contributed by atoms with E-state index < -0.39 is 13.6 Å². The molecule has 0 saturated carbocycles. The molecule has 0 aromatic heterocycles. The van der Waals surface area contributed by atoms with Gasteiger partial charge in [0.1, 0.15) is 0 Å². The van der Waals surface area contributed by atoms with Gasteiger partial charge in [0, 0.05) is 6.66 Å². The van der Waals surface area contributed by atoms with Gasteiger partial charge in [-0.05, 0) is 20.4 Å². The van der Waals surface area contributed by atoms with Crippen molar-refractivity contribution in [2.24, 2.45) is 0 Å². The third-order valence-corrected chi connectivity index (χ3v) is 2.42. The summed E-state index contributed by atoms with van der Waals surface area (Å²) in [5.74, 6) is -1.03. The molecule has 1 atom stereocenters. The zero-order valence-corrected chi connectivity index (χ0v) is 9.50. The maximum absolute atomic E-state index is 11.4. The largest absolute Gasteiger partial charge is 0.460 e. The number of hydrogen-bond donors (Lipinski definition) is 0. The molecule has 0 heterocycles. The Morgan fingerprint density at radius 1 is 1.36 bits per heavy atom. The summed E-state index contributed by atoms with van der Waals surface area (Å²) in [6.07, 6.45) is 0. The molecular formula is C8H15O5P. The third kappa shape index (κ3) is 5.04. The Kier molecular flexibility index (Phi) is 5.50. The highest BCUT2D eigenvalue weighted by molar-refractivity contribution is 7.53. The summed E-state index contributed by atoms with van der Waals surface area (Å²) in [6, 6.07) is 0. The van der Waals surface area contributed by atoms with E-state index in [0.29, 0.717) is 0 Å². The van der Waals surface area contributed by atoms with Crippen LogP contribution in [0.5, 0.6) is 0 Å². The van der Waals surface area contributed by atoms with Crippen molar-refractivity contribution in [2.75, 3.05) is 19.9 Å². The van der Waals surface area contributed by atoms with Crippen LogP contribution in [0.15, 0.2) is 12.3 Å². The standard InChI is InChI=1S/C8H15O5P/c1-5-11-8(9)7(3)13-14(4,10)12-6-2/h3,5-6H2,1-2,4H3. The molecule has 0 amide bonds. The van der Waals surface area contributed by atoms with Crippen molar-refractivity contribution in [2.45, 2.75) is 13.8 Å². The summed E-state index contributed by atoms with van der Waals surface area (Å²) >= 11 is 0. The molecule has 0 radical (unpaired) electrons. The lowest BCUT2D eigenvalue weighted by Gasteiger charge is -2.14. The van der Waals surface area contributed by atoms with Crippen LogP contribution in [0.4, 0.5) is 0 Å². The first kappa shape index (κ1) is 13.2. The highest BCUT2D eigenvalue weighted by atomic mass is 31.2. The molecule has 0 aromatic rings. The van der Waals surface area contributed by atoms with Crippen LogP contribution in [-0.4, -0.2) is 25.8 Å². The Bertz CT molecular complexity index is 260. The predicted molar refractivity (Wildman–Crippen MR) is 52.0 cm³/mol. The highest BCUT2D eigenvalue weighted by Crippen LogP contribution is 2.45. The lowest BCUT2D eigenvalue weighted by atomic mass is 10.6. The molecule has 0 N–H and O–H groups in total. The predicted octanol–water partition coefficient (Wildman–Crippen LogP) is 1.94. The molecule has 1 unspecified atom stereocenters. The van der Waals surface area contributed by atoms with Crippen LogP contribution in [0.25, 0.3) is 0 Å². The Hall–Kier alpha value is -0.800. The first-order chi connectivity index (χ1) is 6.43. The monoisotopic (exact) mass is 222 g/mol. The van der Waals surface area contributed by atoms with Gasteiger partial charge in [-0.3, -0.25) is 0 Å². The first-order valence-corrected chi connectivity index (χ1v) is 6.19. The Labute approximate surface area is 83.6 Å². The minimum atomic E-state index is -3.23. The van der Waals surface area contributed by atoms with Crippen molar-refractivity contribution in [1.82, 2.24) is 0 Å². The van der Waals surface area contributed by atoms with E-state index in [1.807, 2.05) is 0 Å². The average molecular weight is 222 g/mol. The molecule has 0 aliphatic rings. The van der Waals surface area contributed by atoms with Crippen molar-refractivity contribution in [3.8, 4) is 0 Å². The molecule has 0 bridgehead atoms. The maximum Gasteiger partial charge on any atom is 0.376 e. The summed E-state index contributed by atoms with van der Waals surface area (Å²) in [5.41, 5.74) is 0. The fraction of sp³-hybridized carbons (Fsp3) is 0.625. The number of carbonyl (C=O) groups excluding carboxylic acids is 1. The SMILES string of the molecule is C=C(OP(C)(=O)OCC)C(=O)OCC. The summed E-state index contributed by atoms with van der Waals surface area (Å²) in [5, 5.41) is 0. The Morgan fingerprint density at radius 2 is 1.93 bits per heavy atom. The maximum atomic E-state index is 11.4. The molecule has 0 spiro atoms. The van der Waals surface area contributed by atoms with Crippen molar-refractivity contribution < 1.29 is 23.1 Å². The molecule has 0 aliphatic carbocycles. The van der Waals surface area contributed by atoms with Crippen LogP contribution in [0.3, 0.4) is 0 Å². The molecular weight excluding hydrogens is 207 g/mol. The van der Waals surface area contributed by atoms with Crippen LogP contribution < -0.4 is 0 Å². The van der Waals surface area contributed by atoms with E-state index >= 15 is 0 Å². The molecule has 0 rings (SSSR count). The quantitative estimate of drug-likeness (QED) is 0.297. The molecule has 0 fully saturated rings. The second-order valence-corrected chi connectivity index (χ2v) is 4.41. The van der Waals surface area contributed by atoms with E-state index in [1.165, 1.54) is 6.66 Å². The van der Waals surface area contributed by atoms with Crippen LogP contribution in [0.2, 0.25) is 0 Å². The number of rotatable bonds is 6. The second-order valence-electron chi connectivity index (χ2n) is 2.42. The van der Waals surface area contributed by atoms with E-state index in [-0.39, 0.29) is 19.0 Å². The average Bonchev–Trinajstić information content (AvgIpc) is 2.03. The third-order valence-electron chi connectivity index (χ3n) is 1.14. The number of ether oxygens (including phenoxy) is 1. The van der Waals surface area contributed by atoms with Gasteiger partial charge in [0.15, 0.2) is 0 Å². The minimum absolute atomic E-state index is 0.212. The lowest BCUT2D eigenvalue weighted by Crippen LogP contribution is -2.09. The van der Waals surface area contributed by atoms with Crippen molar-refractivity contribution in [3.63, 3.8) is 0 Å². The molecule has 14 heavy (non-hydrogen) atoms. The van der Waals surface area contributed by atoms with E-state index in [1.54, 1.807) is 13.8 Å². The molecule has 0 aliphatic heterocycles. The summed E-state index contributed by atoms with van der Waals surface area (Å²) in [6.45, 7) is 8.33. The van der Waals surface area contributed by atoms with Crippen LogP contribution in [0, 0.1) is 0 Å². The van der Waals surface area contributed by atoms with Gasteiger partial charge in [-0.2, -0.15) is 0 Å². The second kappa shape index (κ2) is 5.83. The first-order valence-electron chi connectivity index (χ1n) is 4.20. The van der Waals surface area contributed by atoms with Crippen LogP contribution in [-0.2, 0) is 23.1 Å². The zero-order chi connectivity index (χ0) is 11.2. The van der Waals surface area contributed by atoms with Gasteiger partial charge in [0.25, 0.3) is 0 Å². The molecule has 0 aromatic carbocycles. The fourth-order valence-corrected chi connectivity index (χ4v) is 1.71. The topological polar surface area (TPSA) is 61.8 Å². The van der Waals surface area contributed by atoms with Crippen molar-refractivity contribution in [1.29, 1.82) is 0 Å². The molecule has 0 saturated heterocycles. The fourth-order valence-electron chi connectivity index (χ4n) is 0.710. The van der Waals surface area contributed by atoms with Crippen molar-refractivity contribution in [3.05, 3.63) is 12.3 Å². The summed E-state index contributed by atoms with van der Waals surface area (Å²) in [7, 11) is -3.23. The minimum Gasteiger partial charge on any atom is -0.460 e. The van der Waals surface area contributed by atoms with Gasteiger partial charge in [-0.1, -0.05) is 0 Å². The molecule has 6 heteroatoms. The zero-order valence-electron chi connectivity index (χ0n) is 8.61. The van der Waals surface area contributed by atoms with Gasteiger partial charge in [-0.25, -0.2) is 9.36 Å². The molecule has 5 nitrogen and oxygen atoms in total. The summed E-state index contributed by atoms with van der Waals surface area (Å²) < 4.78 is 25.6. The van der Waals surface area contributed by atoms with Gasteiger partial charge >= 0.3 is 13.6 Å². The van der Waals surface area contributed by atoms with Crippen molar-refractivity contribution >= 4 is 13.6 Å². The van der Waals surface area contributed by atoms with E-state index in [9.17, 15) is 9.36 Å². The van der Waals surface area contributed by atoms with E-state index in [4.69, 9.17) is 9.05 Å². The van der Waals surface area contributed by atoms with E-state index in [0.717, 1.165) is 0 Å². The van der Waals surface area contributed by atoms with Gasteiger partial charge in [-0.15, -0.1) is 0 Å². The van der Waals surface area contributed by atoms with E-state index in [2.05, 4.69) is 11.3 Å². The Morgan fingerprint density at radius 3 is 2.36 bits per heavy atom. The van der Waals surface area contributed by atoms with Crippen LogP contribution >= 0.6 is 7.60 Å². The van der Waals surface area contributed by atoms with Gasteiger partial charge in [0.05, 0.1) is 13.2 Å². The van der Waals surface area contributed by atoms with Gasteiger partial charge in [0.2, 0.25) is 5.76 Å². The Balaban J connectivity index is 4.18. The lowest BCUT2D eigenvalue weighted by molar-refractivity contribution is -0.141. The van der Waals surface area contributed by atoms with Gasteiger partial charge < -0.3 is 13.8 Å².